The summed E-state index contributed by atoms with van der Waals surface area (Å²) in [5, 5.41) is 10.1. The third kappa shape index (κ3) is 1.69. The fourth-order valence-corrected chi connectivity index (χ4v) is 1.67. The van der Waals surface area contributed by atoms with Gasteiger partial charge in [-0.25, -0.2) is 0 Å². The van der Waals surface area contributed by atoms with E-state index < -0.39 is 0 Å². The molecule has 1 N–H and O–H groups in total. The first-order valence-electron chi connectivity index (χ1n) is 3.75. The lowest BCUT2D eigenvalue weighted by atomic mass is 10.1. The van der Waals surface area contributed by atoms with Crippen LogP contribution in [0.5, 0.6) is 5.75 Å². The Morgan fingerprint density at radius 3 is 2.82 bits per heavy atom. The predicted octanol–water partition coefficient (Wildman–Crippen LogP) is 2.05. The zero-order chi connectivity index (χ0) is 7.68. The molecule has 0 aliphatic carbocycles. The Morgan fingerprint density at radius 1 is 1.45 bits per heavy atom. The van der Waals surface area contributed by atoms with Crippen LogP contribution in [0.4, 0.5) is 0 Å². The first-order chi connectivity index (χ1) is 5.36. The highest BCUT2D eigenvalue weighted by atomic mass is 32.2. The Bertz CT molecular complexity index is 255. The highest BCUT2D eigenvalue weighted by Crippen LogP contribution is 2.34. The maximum absolute atomic E-state index is 9.38. The van der Waals surface area contributed by atoms with Gasteiger partial charge in [0.1, 0.15) is 5.75 Å². The zero-order valence-electron chi connectivity index (χ0n) is 6.16. The molecule has 1 aromatic rings. The molecule has 1 unspecified atom stereocenters. The van der Waals surface area contributed by atoms with E-state index in [1.165, 1.54) is 5.75 Å². The van der Waals surface area contributed by atoms with Crippen molar-refractivity contribution in [1.82, 2.24) is 0 Å². The van der Waals surface area contributed by atoms with E-state index in [1.54, 1.807) is 6.07 Å². The molecule has 1 heterocycles. The van der Waals surface area contributed by atoms with Crippen LogP contribution >= 0.6 is 11.8 Å². The van der Waals surface area contributed by atoms with E-state index in [-0.39, 0.29) is 0 Å². The molecule has 0 saturated carbocycles. The van der Waals surface area contributed by atoms with Crippen molar-refractivity contribution in [3.8, 4) is 5.75 Å². The van der Waals surface area contributed by atoms with Gasteiger partial charge in [0.2, 0.25) is 0 Å². The lowest BCUT2D eigenvalue weighted by Crippen LogP contribution is -1.91. The maximum Gasteiger partial charge on any atom is 0.118 e. The van der Waals surface area contributed by atoms with Crippen LogP contribution in [0.1, 0.15) is 5.56 Å². The van der Waals surface area contributed by atoms with Gasteiger partial charge in [0.25, 0.3) is 0 Å². The minimum Gasteiger partial charge on any atom is -0.508 e. The van der Waals surface area contributed by atoms with E-state index in [9.17, 15) is 5.11 Å². The number of phenolic OH excluding ortho intramolecular Hbond substituents is 1. The van der Waals surface area contributed by atoms with Crippen LogP contribution in [0.3, 0.4) is 0 Å². The topological polar surface area (TPSA) is 20.2 Å². The Hall–Kier alpha value is -0.630. The highest BCUT2D eigenvalue weighted by Gasteiger charge is 2.23. The molecule has 11 heavy (non-hydrogen) atoms. The largest absolute Gasteiger partial charge is 0.508 e. The molecule has 2 heteroatoms. The molecule has 0 bridgehead atoms. The van der Waals surface area contributed by atoms with Crippen LogP contribution in [0.15, 0.2) is 24.3 Å². The van der Waals surface area contributed by atoms with Gasteiger partial charge in [-0.2, -0.15) is 11.8 Å². The van der Waals surface area contributed by atoms with Gasteiger partial charge < -0.3 is 5.11 Å². The van der Waals surface area contributed by atoms with E-state index in [4.69, 9.17) is 0 Å². The number of rotatable bonds is 2. The number of hydrogen-bond acceptors (Lipinski definition) is 2. The van der Waals surface area contributed by atoms with Crippen LogP contribution in [0.2, 0.25) is 0 Å². The van der Waals surface area contributed by atoms with Crippen LogP contribution in [-0.4, -0.2) is 16.1 Å². The molecule has 58 valence electrons. The molecular formula is C9H10OS. The molecule has 1 aromatic carbocycles. The van der Waals surface area contributed by atoms with Crippen molar-refractivity contribution in [3.63, 3.8) is 0 Å². The first-order valence-corrected chi connectivity index (χ1v) is 4.79. The lowest BCUT2D eigenvalue weighted by molar-refractivity contribution is 0.468. The van der Waals surface area contributed by atoms with Gasteiger partial charge in [-0.1, -0.05) is 18.2 Å². The summed E-state index contributed by atoms with van der Waals surface area (Å²) in [6.45, 7) is 0. The summed E-state index contributed by atoms with van der Waals surface area (Å²) >= 11 is 1.96. The fourth-order valence-electron chi connectivity index (χ4n) is 1.11. The molecular weight excluding hydrogens is 156 g/mol. The number of benzene rings is 1. The molecule has 1 aliphatic rings. The number of hydrogen-bond donors (Lipinski definition) is 1. The van der Waals surface area contributed by atoms with Crippen molar-refractivity contribution in [2.24, 2.45) is 0 Å². The minimum absolute atomic E-state index is 0.444. The average Bonchev–Trinajstić information content (AvgIpc) is 2.78. The molecule has 2 rings (SSSR count). The second-order valence-electron chi connectivity index (χ2n) is 2.79. The Labute approximate surface area is 70.4 Å². The van der Waals surface area contributed by atoms with Crippen LogP contribution in [0, 0.1) is 0 Å². The summed E-state index contributed by atoms with van der Waals surface area (Å²) < 4.78 is 0. The summed E-state index contributed by atoms with van der Waals surface area (Å²) in [5.41, 5.74) is 1.09. The minimum atomic E-state index is 0.444. The number of aromatic hydroxyl groups is 1. The summed E-state index contributed by atoms with van der Waals surface area (Å²) in [6.07, 6.45) is 1.03. The van der Waals surface area contributed by atoms with E-state index in [2.05, 4.69) is 0 Å². The van der Waals surface area contributed by atoms with Crippen molar-refractivity contribution in [1.29, 1.82) is 0 Å². The van der Waals surface area contributed by atoms with E-state index in [0.29, 0.717) is 5.75 Å². The second kappa shape index (κ2) is 2.78. The SMILES string of the molecule is Oc1ccccc1CC1CS1. The van der Waals surface area contributed by atoms with Gasteiger partial charge in [-0.3, -0.25) is 0 Å². The van der Waals surface area contributed by atoms with Gasteiger partial charge in [0.05, 0.1) is 0 Å². The van der Waals surface area contributed by atoms with Crippen molar-refractivity contribution in [2.45, 2.75) is 11.7 Å². The fraction of sp³-hybridized carbons (Fsp3) is 0.333. The molecule has 1 fully saturated rings. The van der Waals surface area contributed by atoms with Gasteiger partial charge in [-0.15, -0.1) is 0 Å². The number of thioether (sulfide) groups is 1. The monoisotopic (exact) mass is 166 g/mol. The average molecular weight is 166 g/mol. The van der Waals surface area contributed by atoms with Crippen LogP contribution in [-0.2, 0) is 6.42 Å². The molecule has 0 amide bonds. The first kappa shape index (κ1) is 7.04. The smallest absolute Gasteiger partial charge is 0.118 e. The third-order valence-corrected chi connectivity index (χ3v) is 2.81. The molecule has 1 aliphatic heterocycles. The second-order valence-corrected chi connectivity index (χ2v) is 4.12. The molecule has 0 radical (unpaired) electrons. The standard InChI is InChI=1S/C9H10OS/c10-9-4-2-1-3-7(9)5-8-6-11-8/h1-4,8,10H,5-6H2. The number of phenols is 1. The summed E-state index contributed by atoms with van der Waals surface area (Å²) in [7, 11) is 0. The molecule has 1 atom stereocenters. The van der Waals surface area contributed by atoms with E-state index in [0.717, 1.165) is 17.2 Å². The Morgan fingerprint density at radius 2 is 2.18 bits per heavy atom. The van der Waals surface area contributed by atoms with E-state index in [1.807, 2.05) is 30.0 Å². The number of para-hydroxylation sites is 1. The van der Waals surface area contributed by atoms with E-state index >= 15 is 0 Å². The molecule has 1 saturated heterocycles. The van der Waals surface area contributed by atoms with Gasteiger partial charge in [0, 0.05) is 11.0 Å². The Kier molecular flexibility index (Phi) is 1.78. The predicted molar refractivity (Wildman–Crippen MR) is 48.1 cm³/mol. The normalized spacial score (nSPS) is 21.6. The van der Waals surface area contributed by atoms with Crippen LogP contribution in [0.25, 0.3) is 0 Å². The van der Waals surface area contributed by atoms with Crippen molar-refractivity contribution < 1.29 is 5.11 Å². The molecule has 0 spiro atoms. The summed E-state index contributed by atoms with van der Waals surface area (Å²) in [4.78, 5) is 0. The Balaban J connectivity index is 2.15. The summed E-state index contributed by atoms with van der Waals surface area (Å²) in [5.74, 6) is 1.70. The van der Waals surface area contributed by atoms with Crippen LogP contribution < -0.4 is 0 Å². The third-order valence-electron chi connectivity index (χ3n) is 1.84. The maximum atomic E-state index is 9.38. The van der Waals surface area contributed by atoms with Gasteiger partial charge in [0.15, 0.2) is 0 Å². The van der Waals surface area contributed by atoms with Gasteiger partial charge >= 0.3 is 0 Å². The van der Waals surface area contributed by atoms with Crippen molar-refractivity contribution >= 4 is 11.8 Å². The van der Waals surface area contributed by atoms with Gasteiger partial charge in [-0.05, 0) is 18.1 Å². The molecule has 0 aromatic heterocycles. The quantitative estimate of drug-likeness (QED) is 0.678. The zero-order valence-corrected chi connectivity index (χ0v) is 6.97. The summed E-state index contributed by atoms with van der Waals surface area (Å²) in [6, 6.07) is 7.58. The highest BCUT2D eigenvalue weighted by molar-refractivity contribution is 8.06. The van der Waals surface area contributed by atoms with Crippen molar-refractivity contribution in [3.05, 3.63) is 29.8 Å². The van der Waals surface area contributed by atoms with Crippen molar-refractivity contribution in [2.75, 3.05) is 5.75 Å². The molecule has 1 nitrogen and oxygen atoms in total. The lowest BCUT2D eigenvalue weighted by Gasteiger charge is -2.00.